The number of rotatable bonds is 9. The van der Waals surface area contributed by atoms with Gasteiger partial charge in [0.05, 0.1) is 10.3 Å². The van der Waals surface area contributed by atoms with Crippen molar-refractivity contribution in [1.82, 2.24) is 5.32 Å². The van der Waals surface area contributed by atoms with Crippen LogP contribution in [0.15, 0.2) is 53.4 Å². The second kappa shape index (κ2) is 12.1. The van der Waals surface area contributed by atoms with E-state index in [9.17, 15) is 31.2 Å². The highest BCUT2D eigenvalue weighted by atomic mass is 32.2. The summed E-state index contributed by atoms with van der Waals surface area (Å²) < 4.78 is 59.6. The molecule has 4 N–H and O–H groups in total. The number of hydrogen-bond donors (Lipinski definition) is 4. The fraction of sp³-hybridized carbons (Fsp3) is 0.375. The van der Waals surface area contributed by atoms with E-state index < -0.39 is 27.6 Å². The van der Waals surface area contributed by atoms with Crippen molar-refractivity contribution in [2.75, 3.05) is 16.6 Å². The first-order chi connectivity index (χ1) is 17.2. The molecule has 0 aromatic heterocycles. The molecular weight excluding hydrogens is 515 g/mol. The van der Waals surface area contributed by atoms with Crippen LogP contribution in [0.5, 0.6) is 0 Å². The van der Waals surface area contributed by atoms with Gasteiger partial charge in [-0.25, -0.2) is 13.2 Å². The number of carboxylic acid groups (broad SMARTS) is 1. The molecule has 1 aliphatic rings. The minimum atomic E-state index is -5.08. The van der Waals surface area contributed by atoms with Crippen LogP contribution >= 0.6 is 0 Å². The van der Waals surface area contributed by atoms with Crippen molar-refractivity contribution < 1.29 is 41.1 Å². The lowest BCUT2D eigenvalue weighted by Crippen LogP contribution is -2.35. The number of hydrogen-bond acceptors (Lipinski definition) is 5. The van der Waals surface area contributed by atoms with Crippen molar-refractivity contribution in [2.24, 2.45) is 0 Å². The smallest absolute Gasteiger partial charge is 0.475 e. The molecule has 37 heavy (non-hydrogen) atoms. The molecule has 1 saturated carbocycles. The van der Waals surface area contributed by atoms with Crippen molar-refractivity contribution in [2.45, 2.75) is 56.0 Å². The SMILES string of the molecule is CCCNC(=O)C1(c2ccc(NS(=O)(=O)c3ccc(NC(=O)CC)cc3)cc2)CC1.O=C(O)C(F)(F)F. The van der Waals surface area contributed by atoms with E-state index >= 15 is 0 Å². The number of benzene rings is 2. The molecule has 202 valence electrons. The predicted octanol–water partition coefficient (Wildman–Crippen LogP) is 4.03. The largest absolute Gasteiger partial charge is 0.490 e. The normalized spacial score (nSPS) is 14.0. The monoisotopic (exact) mass is 543 g/mol. The highest BCUT2D eigenvalue weighted by Crippen LogP contribution is 2.48. The molecule has 0 unspecified atom stereocenters. The van der Waals surface area contributed by atoms with Gasteiger partial charge in [0.25, 0.3) is 10.0 Å². The van der Waals surface area contributed by atoms with Crippen molar-refractivity contribution in [3.8, 4) is 0 Å². The summed E-state index contributed by atoms with van der Waals surface area (Å²) in [6.07, 6.45) is -2.25. The number of anilines is 2. The van der Waals surface area contributed by atoms with Gasteiger partial charge in [-0.2, -0.15) is 13.2 Å². The summed E-state index contributed by atoms with van der Waals surface area (Å²) in [4.78, 5) is 32.9. The number of amides is 2. The van der Waals surface area contributed by atoms with Gasteiger partial charge < -0.3 is 15.7 Å². The fourth-order valence-electron chi connectivity index (χ4n) is 3.22. The summed E-state index contributed by atoms with van der Waals surface area (Å²) in [6.45, 7) is 4.40. The standard InChI is InChI=1S/C22H27N3O4S.C2HF3O2/c1-3-15-23-21(27)22(13-14-22)16-5-7-18(8-6-16)25-30(28,29)19-11-9-17(10-12-19)24-20(26)4-2;3-2(4,5)1(6)7/h5-12,25H,3-4,13-15H2,1-2H3,(H,23,27)(H,24,26);(H,6,7). The fourth-order valence-corrected chi connectivity index (χ4v) is 4.28. The summed E-state index contributed by atoms with van der Waals surface area (Å²) in [6, 6.07) is 13.0. The third-order valence-corrected chi connectivity index (χ3v) is 6.82. The lowest BCUT2D eigenvalue weighted by molar-refractivity contribution is -0.192. The maximum Gasteiger partial charge on any atom is 0.490 e. The van der Waals surface area contributed by atoms with Crippen LogP contribution in [-0.2, 0) is 29.8 Å². The Morgan fingerprint density at radius 1 is 0.946 bits per heavy atom. The molecule has 3 rings (SSSR count). The highest BCUT2D eigenvalue weighted by molar-refractivity contribution is 7.92. The first kappa shape index (κ1) is 29.6. The van der Waals surface area contributed by atoms with Crippen molar-refractivity contribution in [1.29, 1.82) is 0 Å². The Morgan fingerprint density at radius 3 is 1.89 bits per heavy atom. The van der Waals surface area contributed by atoms with E-state index in [-0.39, 0.29) is 16.7 Å². The summed E-state index contributed by atoms with van der Waals surface area (Å²) in [5.74, 6) is -2.86. The van der Waals surface area contributed by atoms with Crippen molar-refractivity contribution in [3.05, 3.63) is 54.1 Å². The van der Waals surface area contributed by atoms with E-state index in [0.29, 0.717) is 24.3 Å². The second-order valence-corrected chi connectivity index (χ2v) is 9.93. The zero-order valence-electron chi connectivity index (χ0n) is 20.2. The van der Waals surface area contributed by atoms with Crippen LogP contribution in [0, 0.1) is 0 Å². The molecule has 0 radical (unpaired) electrons. The van der Waals surface area contributed by atoms with Crippen LogP contribution in [0.2, 0.25) is 0 Å². The van der Waals surface area contributed by atoms with Gasteiger partial charge in [0.15, 0.2) is 0 Å². The zero-order chi connectivity index (χ0) is 27.9. The topological polar surface area (TPSA) is 142 Å². The lowest BCUT2D eigenvalue weighted by atomic mass is 9.95. The molecule has 0 saturated heterocycles. The van der Waals surface area contributed by atoms with Crippen molar-refractivity contribution >= 4 is 39.2 Å². The molecule has 2 aromatic rings. The highest BCUT2D eigenvalue weighted by Gasteiger charge is 2.51. The number of sulfonamides is 1. The molecule has 0 spiro atoms. The Balaban J connectivity index is 0.000000604. The number of carbonyl (C=O) groups is 3. The van der Waals surface area contributed by atoms with E-state index in [1.807, 2.05) is 6.92 Å². The number of carbonyl (C=O) groups excluding carboxylic acids is 2. The van der Waals surface area contributed by atoms with Crippen LogP contribution in [0.1, 0.15) is 45.1 Å². The molecule has 1 aliphatic carbocycles. The number of carboxylic acids is 1. The Bertz CT molecular complexity index is 1210. The van der Waals surface area contributed by atoms with Crippen LogP contribution in [-0.4, -0.2) is 44.0 Å². The van der Waals surface area contributed by atoms with Gasteiger partial charge in [-0.3, -0.25) is 14.3 Å². The predicted molar refractivity (Wildman–Crippen MR) is 131 cm³/mol. The Labute approximate surface area is 212 Å². The van der Waals surface area contributed by atoms with Gasteiger partial charge in [-0.05, 0) is 61.2 Å². The second-order valence-electron chi connectivity index (χ2n) is 8.25. The Morgan fingerprint density at radius 2 is 1.46 bits per heavy atom. The molecular formula is C24H28F3N3O6S. The molecule has 0 atom stereocenters. The minimum Gasteiger partial charge on any atom is -0.475 e. The summed E-state index contributed by atoms with van der Waals surface area (Å²) >= 11 is 0. The summed E-state index contributed by atoms with van der Waals surface area (Å²) in [5.41, 5.74) is 1.38. The molecule has 1 fully saturated rings. The average Bonchev–Trinajstić information content (AvgIpc) is 3.65. The molecule has 9 nitrogen and oxygen atoms in total. The maximum absolute atomic E-state index is 12.6. The van der Waals surface area contributed by atoms with E-state index in [1.54, 1.807) is 43.3 Å². The number of aliphatic carboxylic acids is 1. The van der Waals surface area contributed by atoms with Crippen LogP contribution in [0.3, 0.4) is 0 Å². The van der Waals surface area contributed by atoms with Crippen LogP contribution in [0.4, 0.5) is 24.5 Å². The Hall–Kier alpha value is -3.61. The third kappa shape index (κ3) is 8.20. The first-order valence-corrected chi connectivity index (χ1v) is 12.8. The molecule has 2 aromatic carbocycles. The molecule has 2 amide bonds. The number of halogens is 3. The zero-order valence-corrected chi connectivity index (χ0v) is 21.0. The minimum absolute atomic E-state index is 0.0351. The van der Waals surface area contributed by atoms with Gasteiger partial charge in [-0.15, -0.1) is 0 Å². The lowest BCUT2D eigenvalue weighted by Gasteiger charge is -2.16. The first-order valence-electron chi connectivity index (χ1n) is 11.4. The molecule has 0 bridgehead atoms. The van der Waals surface area contributed by atoms with Gasteiger partial charge in [-0.1, -0.05) is 26.0 Å². The molecule has 13 heteroatoms. The van der Waals surface area contributed by atoms with Gasteiger partial charge in [0, 0.05) is 24.3 Å². The average molecular weight is 544 g/mol. The summed E-state index contributed by atoms with van der Waals surface area (Å²) in [7, 11) is -3.77. The van der Waals surface area contributed by atoms with Gasteiger partial charge in [0.2, 0.25) is 11.8 Å². The number of nitrogens with one attached hydrogen (secondary N) is 3. The van der Waals surface area contributed by atoms with E-state index in [1.165, 1.54) is 12.1 Å². The summed E-state index contributed by atoms with van der Waals surface area (Å²) in [5, 5.41) is 12.8. The third-order valence-electron chi connectivity index (χ3n) is 5.42. The van der Waals surface area contributed by atoms with Crippen LogP contribution in [0.25, 0.3) is 0 Å². The van der Waals surface area contributed by atoms with Crippen molar-refractivity contribution in [3.63, 3.8) is 0 Å². The van der Waals surface area contributed by atoms with E-state index in [2.05, 4.69) is 15.4 Å². The van der Waals surface area contributed by atoms with Gasteiger partial charge in [0.1, 0.15) is 0 Å². The molecule has 0 heterocycles. The quantitative estimate of drug-likeness (QED) is 0.376. The number of alkyl halides is 3. The van der Waals surface area contributed by atoms with Crippen LogP contribution < -0.4 is 15.4 Å². The molecule has 0 aliphatic heterocycles. The van der Waals surface area contributed by atoms with E-state index in [4.69, 9.17) is 9.90 Å². The Kier molecular flexibility index (Phi) is 9.67. The maximum atomic E-state index is 12.6. The van der Waals surface area contributed by atoms with Gasteiger partial charge >= 0.3 is 12.1 Å². The van der Waals surface area contributed by atoms with E-state index in [0.717, 1.165) is 24.8 Å².